The van der Waals surface area contributed by atoms with Gasteiger partial charge in [-0.2, -0.15) is 0 Å². The van der Waals surface area contributed by atoms with Crippen LogP contribution in [0.15, 0.2) is 18.3 Å². The molecule has 0 saturated carbocycles. The van der Waals surface area contributed by atoms with Crippen LogP contribution >= 0.6 is 11.3 Å². The number of carbonyl (C=O) groups excluding carboxylic acids is 1. The monoisotopic (exact) mass is 237 g/mol. The summed E-state index contributed by atoms with van der Waals surface area (Å²) in [5.41, 5.74) is 6.89. The number of thiophene rings is 1. The molecule has 2 heterocycles. The zero-order valence-corrected chi connectivity index (χ0v) is 9.25. The molecule has 2 aromatic heterocycles. The Morgan fingerprint density at radius 2 is 2.44 bits per heavy atom. The Balaban J connectivity index is 2.37. The predicted octanol–water partition coefficient (Wildman–Crippen LogP) is 0.601. The maximum absolute atomic E-state index is 11.7. The predicted molar refractivity (Wildman–Crippen MR) is 63.5 cm³/mol. The molecule has 0 aromatic carbocycles. The van der Waals surface area contributed by atoms with Crippen LogP contribution in [0.1, 0.15) is 9.67 Å². The standard InChI is InChI=1S/C10H11N3O2S/c11-7-8-6(2-1-3-12-8)16-9(7)10(15)13-4-5-14/h1-3,14H,4-5,11H2,(H,13,15). The van der Waals surface area contributed by atoms with E-state index in [0.29, 0.717) is 16.1 Å². The number of rotatable bonds is 3. The van der Waals surface area contributed by atoms with E-state index in [0.717, 1.165) is 4.70 Å². The fraction of sp³-hybridized carbons (Fsp3) is 0.200. The topological polar surface area (TPSA) is 88.2 Å². The van der Waals surface area contributed by atoms with E-state index in [4.69, 9.17) is 10.8 Å². The molecule has 0 bridgehead atoms. The van der Waals surface area contributed by atoms with Crippen molar-refractivity contribution >= 4 is 33.1 Å². The van der Waals surface area contributed by atoms with E-state index in [9.17, 15) is 4.79 Å². The van der Waals surface area contributed by atoms with Gasteiger partial charge in [0, 0.05) is 12.7 Å². The molecule has 84 valence electrons. The fourth-order valence-electron chi connectivity index (χ4n) is 1.37. The second-order valence-corrected chi connectivity index (χ2v) is 4.23. The normalized spacial score (nSPS) is 10.6. The van der Waals surface area contributed by atoms with Crippen LogP contribution in [0.25, 0.3) is 10.2 Å². The van der Waals surface area contributed by atoms with Crippen LogP contribution in [0.5, 0.6) is 0 Å². The number of nitrogens with two attached hydrogens (primary N) is 1. The number of nitrogen functional groups attached to an aromatic ring is 1. The fourth-order valence-corrected chi connectivity index (χ4v) is 2.36. The van der Waals surface area contributed by atoms with Crippen LogP contribution < -0.4 is 11.1 Å². The van der Waals surface area contributed by atoms with Crippen molar-refractivity contribution in [3.63, 3.8) is 0 Å². The van der Waals surface area contributed by atoms with E-state index in [1.54, 1.807) is 12.3 Å². The van der Waals surface area contributed by atoms with E-state index >= 15 is 0 Å². The first-order valence-corrected chi connectivity index (χ1v) is 5.57. The summed E-state index contributed by atoms with van der Waals surface area (Å²) in [5, 5.41) is 11.2. The summed E-state index contributed by atoms with van der Waals surface area (Å²) in [6.45, 7) is 0.134. The third-order valence-corrected chi connectivity index (χ3v) is 3.24. The molecule has 5 nitrogen and oxygen atoms in total. The van der Waals surface area contributed by atoms with Crippen molar-refractivity contribution in [3.8, 4) is 0 Å². The Labute approximate surface area is 95.9 Å². The van der Waals surface area contributed by atoms with Crippen molar-refractivity contribution < 1.29 is 9.90 Å². The number of pyridine rings is 1. The smallest absolute Gasteiger partial charge is 0.263 e. The van der Waals surface area contributed by atoms with Crippen LogP contribution in [-0.2, 0) is 0 Å². The van der Waals surface area contributed by atoms with Crippen molar-refractivity contribution in [2.24, 2.45) is 0 Å². The number of aliphatic hydroxyl groups is 1. The highest BCUT2D eigenvalue weighted by molar-refractivity contribution is 7.21. The number of nitrogens with one attached hydrogen (secondary N) is 1. The van der Waals surface area contributed by atoms with E-state index in [1.807, 2.05) is 6.07 Å². The van der Waals surface area contributed by atoms with Crippen molar-refractivity contribution in [2.75, 3.05) is 18.9 Å². The van der Waals surface area contributed by atoms with Gasteiger partial charge in [0.2, 0.25) is 0 Å². The lowest BCUT2D eigenvalue weighted by atomic mass is 10.3. The Hall–Kier alpha value is -1.66. The molecule has 0 aliphatic heterocycles. The first kappa shape index (κ1) is 10.8. The van der Waals surface area contributed by atoms with Crippen molar-refractivity contribution in [2.45, 2.75) is 0 Å². The summed E-state index contributed by atoms with van der Waals surface area (Å²) in [6, 6.07) is 3.67. The van der Waals surface area contributed by atoms with Crippen molar-refractivity contribution in [3.05, 3.63) is 23.2 Å². The quantitative estimate of drug-likeness (QED) is 0.729. The first-order valence-electron chi connectivity index (χ1n) is 4.76. The molecule has 0 spiro atoms. The first-order chi connectivity index (χ1) is 7.74. The average Bonchev–Trinajstić information content (AvgIpc) is 2.64. The van der Waals surface area contributed by atoms with Crippen LogP contribution in [-0.4, -0.2) is 29.1 Å². The molecule has 0 atom stereocenters. The number of amides is 1. The summed E-state index contributed by atoms with van der Waals surface area (Å²) < 4.78 is 0.883. The minimum atomic E-state index is -0.269. The van der Waals surface area contributed by atoms with E-state index in [-0.39, 0.29) is 19.1 Å². The van der Waals surface area contributed by atoms with Crippen molar-refractivity contribution in [1.29, 1.82) is 0 Å². The van der Waals surface area contributed by atoms with E-state index in [1.165, 1.54) is 11.3 Å². The van der Waals surface area contributed by atoms with Gasteiger partial charge in [0.15, 0.2) is 0 Å². The largest absolute Gasteiger partial charge is 0.396 e. The minimum Gasteiger partial charge on any atom is -0.396 e. The maximum Gasteiger partial charge on any atom is 0.263 e. The second-order valence-electron chi connectivity index (χ2n) is 3.17. The molecule has 2 rings (SSSR count). The van der Waals surface area contributed by atoms with Gasteiger partial charge in [0.25, 0.3) is 5.91 Å². The summed E-state index contributed by atoms with van der Waals surface area (Å²) in [4.78, 5) is 16.2. The zero-order valence-electron chi connectivity index (χ0n) is 8.43. The van der Waals surface area contributed by atoms with Gasteiger partial charge >= 0.3 is 0 Å². The van der Waals surface area contributed by atoms with Gasteiger partial charge in [-0.3, -0.25) is 9.78 Å². The molecule has 2 aromatic rings. The number of hydrogen-bond acceptors (Lipinski definition) is 5. The lowest BCUT2D eigenvalue weighted by molar-refractivity contribution is 0.0949. The summed E-state index contributed by atoms with van der Waals surface area (Å²) in [5.74, 6) is -0.269. The van der Waals surface area contributed by atoms with Gasteiger partial charge in [-0.25, -0.2) is 0 Å². The summed E-state index contributed by atoms with van der Waals surface area (Å²) in [6.07, 6.45) is 1.64. The van der Waals surface area contributed by atoms with Crippen LogP contribution in [0.3, 0.4) is 0 Å². The molecular formula is C10H11N3O2S. The molecule has 0 aliphatic rings. The molecule has 4 N–H and O–H groups in total. The average molecular weight is 237 g/mol. The Bertz CT molecular complexity index is 524. The van der Waals surface area contributed by atoms with Crippen LogP contribution in [0, 0.1) is 0 Å². The summed E-state index contributed by atoms with van der Waals surface area (Å²) >= 11 is 1.30. The molecule has 0 unspecified atom stereocenters. The lowest BCUT2D eigenvalue weighted by Gasteiger charge is -2.00. The molecular weight excluding hydrogens is 226 g/mol. The highest BCUT2D eigenvalue weighted by Gasteiger charge is 2.16. The Morgan fingerprint density at radius 3 is 3.12 bits per heavy atom. The second kappa shape index (κ2) is 4.46. The van der Waals surface area contributed by atoms with Gasteiger partial charge in [-0.05, 0) is 12.1 Å². The van der Waals surface area contributed by atoms with E-state index < -0.39 is 0 Å². The van der Waals surface area contributed by atoms with Gasteiger partial charge in [0.1, 0.15) is 10.4 Å². The number of carbonyl (C=O) groups is 1. The Morgan fingerprint density at radius 1 is 1.62 bits per heavy atom. The third kappa shape index (κ3) is 1.84. The highest BCUT2D eigenvalue weighted by Crippen LogP contribution is 2.31. The molecule has 0 radical (unpaired) electrons. The molecule has 0 saturated heterocycles. The highest BCUT2D eigenvalue weighted by atomic mass is 32.1. The number of hydrogen-bond donors (Lipinski definition) is 3. The number of fused-ring (bicyclic) bond motifs is 1. The van der Waals surface area contributed by atoms with E-state index in [2.05, 4.69) is 10.3 Å². The van der Waals surface area contributed by atoms with Gasteiger partial charge in [-0.1, -0.05) is 0 Å². The zero-order chi connectivity index (χ0) is 11.5. The molecule has 16 heavy (non-hydrogen) atoms. The van der Waals surface area contributed by atoms with Gasteiger partial charge in [0.05, 0.1) is 17.0 Å². The number of nitrogens with zero attached hydrogens (tertiary/aromatic N) is 1. The van der Waals surface area contributed by atoms with Crippen LogP contribution in [0.2, 0.25) is 0 Å². The summed E-state index contributed by atoms with van der Waals surface area (Å²) in [7, 11) is 0. The molecule has 1 amide bonds. The van der Waals surface area contributed by atoms with Crippen molar-refractivity contribution in [1.82, 2.24) is 10.3 Å². The molecule has 6 heteroatoms. The maximum atomic E-state index is 11.7. The third-order valence-electron chi connectivity index (χ3n) is 2.09. The number of aromatic nitrogens is 1. The SMILES string of the molecule is Nc1c(C(=O)NCCO)sc2cccnc12. The Kier molecular flexibility index (Phi) is 3.02. The number of aliphatic hydroxyl groups excluding tert-OH is 1. The minimum absolute atomic E-state index is 0.0885. The lowest BCUT2D eigenvalue weighted by Crippen LogP contribution is -2.26. The van der Waals surface area contributed by atoms with Gasteiger partial charge < -0.3 is 16.2 Å². The molecule has 0 aliphatic carbocycles. The van der Waals surface area contributed by atoms with Crippen LogP contribution in [0.4, 0.5) is 5.69 Å². The number of anilines is 1. The van der Waals surface area contributed by atoms with Gasteiger partial charge in [-0.15, -0.1) is 11.3 Å². The molecule has 0 fully saturated rings.